The number of rotatable bonds is 3. The number of nitrogens with two attached hydrogens (primary N) is 2. The molecule has 0 unspecified atom stereocenters. The summed E-state index contributed by atoms with van der Waals surface area (Å²) >= 11 is 0. The van der Waals surface area contributed by atoms with Crippen LogP contribution < -0.4 is 11.5 Å². The molecule has 6 nitrogen and oxygen atoms in total. The van der Waals surface area contributed by atoms with Gasteiger partial charge in [-0.3, -0.25) is 0 Å². The van der Waals surface area contributed by atoms with Crippen molar-refractivity contribution in [1.29, 1.82) is 0 Å². The fourth-order valence-electron chi connectivity index (χ4n) is 0.358. The van der Waals surface area contributed by atoms with E-state index in [9.17, 15) is 16.8 Å². The molecule has 0 aromatic heterocycles. The van der Waals surface area contributed by atoms with Crippen molar-refractivity contribution < 1.29 is 16.8 Å². The van der Waals surface area contributed by atoms with Gasteiger partial charge in [0, 0.05) is 0 Å². The van der Waals surface area contributed by atoms with Crippen LogP contribution in [0.5, 0.6) is 0 Å². The van der Waals surface area contributed by atoms with Crippen molar-refractivity contribution in [2.24, 2.45) is 11.5 Å². The van der Waals surface area contributed by atoms with Crippen LogP contribution >= 0.6 is 0 Å². The zero-order chi connectivity index (χ0) is 8.31. The molecule has 0 saturated carbocycles. The molecule has 0 amide bonds. The summed E-state index contributed by atoms with van der Waals surface area (Å²) in [6.45, 7) is 0. The first-order valence-electron chi connectivity index (χ1n) is 2.25. The van der Waals surface area contributed by atoms with Gasteiger partial charge in [0.2, 0.25) is 0 Å². The Morgan fingerprint density at radius 3 is 1.08 bits per heavy atom. The number of thiol groups is 2. The monoisotopic (exact) mass is 204 g/mol. The van der Waals surface area contributed by atoms with Gasteiger partial charge in [-0.05, 0) is 0 Å². The minimum atomic E-state index is -3.09. The predicted molar refractivity (Wildman–Crippen MR) is 50.9 cm³/mol. The van der Waals surface area contributed by atoms with E-state index in [1.807, 2.05) is 0 Å². The number of hydrogen-bond donors (Lipinski definition) is 4. The van der Waals surface area contributed by atoms with Crippen LogP contribution in [0.3, 0.4) is 0 Å². The molecule has 0 heterocycles. The molecule has 0 aromatic rings. The molecule has 0 spiro atoms. The molecule has 66 valence electrons. The second kappa shape index (κ2) is 8.61. The molecule has 0 aromatic carbocycles. The molecule has 0 atom stereocenters. The third kappa shape index (κ3) is 6.52. The van der Waals surface area contributed by atoms with E-state index in [-0.39, 0.29) is 37.7 Å². The van der Waals surface area contributed by atoms with E-state index >= 15 is 0 Å². The summed E-state index contributed by atoms with van der Waals surface area (Å²) in [5.41, 5.74) is 9.70. The van der Waals surface area contributed by atoms with Crippen LogP contribution in [0.1, 0.15) is 0 Å². The molecule has 0 aliphatic heterocycles. The molecule has 0 aliphatic carbocycles. The molecule has 4 N–H and O–H groups in total. The Hall–Kier alpha value is 1.01. The van der Waals surface area contributed by atoms with Crippen LogP contribution in [0.4, 0.5) is 0 Å². The van der Waals surface area contributed by atoms with Crippen LogP contribution in [0.15, 0.2) is 0 Å². The Balaban J connectivity index is -0.000000405. The Morgan fingerprint density at radius 1 is 0.833 bits per heavy atom. The fourth-order valence-corrected chi connectivity index (χ4v) is 1.54. The zero-order valence-electron chi connectivity index (χ0n) is 4.84. The number of hydrogen-bond acceptors (Lipinski definition) is 6. The molecule has 12 heavy (non-hydrogen) atoms. The van der Waals surface area contributed by atoms with Gasteiger partial charge in [-0.2, -0.15) is 0 Å². The fraction of sp³-hybridized carbons (Fsp3) is 1.00. The van der Waals surface area contributed by atoms with Crippen molar-refractivity contribution >= 4 is 59.1 Å². The van der Waals surface area contributed by atoms with Crippen molar-refractivity contribution in [3.63, 3.8) is 0 Å². The average molecular weight is 204 g/mol. The van der Waals surface area contributed by atoms with Gasteiger partial charge >= 0.3 is 37.7 Å². The van der Waals surface area contributed by atoms with Crippen LogP contribution in [0, 0.1) is 0 Å². The third-order valence-corrected chi connectivity index (χ3v) is 3.46. The second-order valence-corrected chi connectivity index (χ2v) is 4.22. The SMILES string of the molecule is NC(N)C([SH](=O)=O)[SH](=O)=O.[LiH].[LiH]. The molecule has 0 bridgehead atoms. The topological polar surface area (TPSA) is 120 Å². The van der Waals surface area contributed by atoms with Crippen LogP contribution in [-0.2, 0) is 21.4 Å². The molecule has 0 rings (SSSR count). The van der Waals surface area contributed by atoms with Gasteiger partial charge in [0.15, 0.2) is 26.0 Å². The predicted octanol–water partition coefficient (Wildman–Crippen LogP) is -4.52. The molecule has 0 aliphatic rings. The Morgan fingerprint density at radius 2 is 1.08 bits per heavy atom. The van der Waals surface area contributed by atoms with Crippen molar-refractivity contribution in [1.82, 2.24) is 0 Å². The molecular weight excluding hydrogens is 194 g/mol. The van der Waals surface area contributed by atoms with Gasteiger partial charge < -0.3 is 11.5 Å². The molecule has 0 saturated heterocycles. The molecule has 0 radical (unpaired) electrons. The summed E-state index contributed by atoms with van der Waals surface area (Å²) < 4.78 is 38.7. The van der Waals surface area contributed by atoms with Gasteiger partial charge in [-0.1, -0.05) is 0 Å². The van der Waals surface area contributed by atoms with E-state index < -0.39 is 32.2 Å². The van der Waals surface area contributed by atoms with Gasteiger partial charge in [-0.25, -0.2) is 16.8 Å². The van der Waals surface area contributed by atoms with Crippen LogP contribution in [-0.4, -0.2) is 65.3 Å². The van der Waals surface area contributed by atoms with Crippen LogP contribution in [0.2, 0.25) is 0 Å². The van der Waals surface area contributed by atoms with Gasteiger partial charge in [0.05, 0.1) is 6.17 Å². The van der Waals surface area contributed by atoms with E-state index in [1.54, 1.807) is 0 Å². The van der Waals surface area contributed by atoms with E-state index in [4.69, 9.17) is 11.5 Å². The molecule has 0 fully saturated rings. The summed E-state index contributed by atoms with van der Waals surface area (Å²) in [6.07, 6.45) is -1.36. The summed E-state index contributed by atoms with van der Waals surface area (Å²) in [7, 11) is -6.18. The molecule has 10 heteroatoms. The summed E-state index contributed by atoms with van der Waals surface area (Å²) in [4.78, 5) is 0. The van der Waals surface area contributed by atoms with Crippen molar-refractivity contribution in [2.75, 3.05) is 0 Å². The summed E-state index contributed by atoms with van der Waals surface area (Å²) in [5, 5.41) is 0. The van der Waals surface area contributed by atoms with Gasteiger partial charge in [0.25, 0.3) is 0 Å². The van der Waals surface area contributed by atoms with Crippen molar-refractivity contribution in [2.45, 2.75) is 10.7 Å². The second-order valence-electron chi connectivity index (χ2n) is 1.56. The standard InChI is InChI=1S/C2H8N2O4S2.2Li.2H/c3-1(4)2(9(5)6)10(7)8;;;;/h1-2,9-10H,3-4H2;;;;. The first-order valence-corrected chi connectivity index (χ1v) is 4.74. The van der Waals surface area contributed by atoms with E-state index in [1.165, 1.54) is 0 Å². The van der Waals surface area contributed by atoms with Gasteiger partial charge in [-0.15, -0.1) is 0 Å². The maximum absolute atomic E-state index is 10.1. The first kappa shape index (κ1) is 18.7. The Labute approximate surface area is 97.7 Å². The quantitative estimate of drug-likeness (QED) is 0.209. The zero-order valence-corrected chi connectivity index (χ0v) is 6.63. The van der Waals surface area contributed by atoms with E-state index in [0.717, 1.165) is 0 Å². The first-order chi connectivity index (χ1) is 4.46. The maximum atomic E-state index is 10.1. The average Bonchev–Trinajstić information content (AvgIpc) is 1.59. The minimum absolute atomic E-state index is 0. The normalized spacial score (nSPS) is 10.2. The third-order valence-electron chi connectivity index (χ3n) is 0.776. The van der Waals surface area contributed by atoms with Crippen LogP contribution in [0.25, 0.3) is 0 Å². The summed E-state index contributed by atoms with van der Waals surface area (Å²) in [5.74, 6) is 0. The van der Waals surface area contributed by atoms with Gasteiger partial charge in [0.1, 0.15) is 0 Å². The van der Waals surface area contributed by atoms with E-state index in [2.05, 4.69) is 0 Å². The summed E-state index contributed by atoms with van der Waals surface area (Å²) in [6, 6.07) is 0. The Bertz CT molecular complexity index is 211. The van der Waals surface area contributed by atoms with Crippen molar-refractivity contribution in [3.05, 3.63) is 0 Å². The Kier molecular flexibility index (Phi) is 13.4. The van der Waals surface area contributed by atoms with Crippen molar-refractivity contribution in [3.8, 4) is 0 Å². The van der Waals surface area contributed by atoms with E-state index in [0.29, 0.717) is 0 Å². The molecular formula is C2H10Li2N2O4S2.